The molecule has 6 heteroatoms. The predicted octanol–water partition coefficient (Wildman–Crippen LogP) is 1.34. The van der Waals surface area contributed by atoms with Crippen LogP contribution in [0.1, 0.15) is 19.0 Å². The van der Waals surface area contributed by atoms with E-state index in [4.69, 9.17) is 4.74 Å². The summed E-state index contributed by atoms with van der Waals surface area (Å²) in [4.78, 5) is 26.8. The number of carbonyl (C=O) groups excluding carboxylic acids is 1. The molecule has 3 rings (SSSR count). The van der Waals surface area contributed by atoms with E-state index < -0.39 is 0 Å². The van der Waals surface area contributed by atoms with Gasteiger partial charge in [0.1, 0.15) is 6.54 Å². The number of benzene rings is 1. The number of carbonyl (C=O) groups is 1. The van der Waals surface area contributed by atoms with Crippen LogP contribution in [0.4, 0.5) is 0 Å². The molecule has 0 saturated carbocycles. The van der Waals surface area contributed by atoms with Crippen molar-refractivity contribution in [1.29, 1.82) is 0 Å². The quantitative estimate of drug-likeness (QED) is 0.857. The second-order valence-corrected chi connectivity index (χ2v) is 5.83. The summed E-state index contributed by atoms with van der Waals surface area (Å²) in [5.41, 5.74) is 0.529. The molecule has 1 saturated heterocycles. The Balaban J connectivity index is 1.85. The third kappa shape index (κ3) is 3.12. The van der Waals surface area contributed by atoms with Gasteiger partial charge in [0.15, 0.2) is 0 Å². The first-order valence-corrected chi connectivity index (χ1v) is 7.96. The number of morpholine rings is 1. The summed E-state index contributed by atoms with van der Waals surface area (Å²) < 4.78 is 6.85. The summed E-state index contributed by atoms with van der Waals surface area (Å²) in [6, 6.07) is 7.35. The lowest BCUT2D eigenvalue weighted by atomic mass is 10.1. The number of aromatic nitrogens is 2. The first kappa shape index (κ1) is 15.7. The van der Waals surface area contributed by atoms with Crippen molar-refractivity contribution in [2.45, 2.75) is 32.9 Å². The average molecular weight is 315 g/mol. The van der Waals surface area contributed by atoms with E-state index in [1.54, 1.807) is 11.0 Å². The van der Waals surface area contributed by atoms with Crippen LogP contribution in [0.3, 0.4) is 0 Å². The fourth-order valence-electron chi connectivity index (χ4n) is 2.93. The number of amides is 1. The SMILES string of the molecule is CCC1CN(C(=O)Cn2nc(C)c3ccccc3c2=O)CCO1. The Labute approximate surface area is 134 Å². The van der Waals surface area contributed by atoms with Gasteiger partial charge in [-0.2, -0.15) is 5.10 Å². The first-order chi connectivity index (χ1) is 11.1. The van der Waals surface area contributed by atoms with E-state index in [9.17, 15) is 9.59 Å². The number of fused-ring (bicyclic) bond motifs is 1. The van der Waals surface area contributed by atoms with Gasteiger partial charge >= 0.3 is 0 Å². The summed E-state index contributed by atoms with van der Waals surface area (Å²) in [5, 5.41) is 5.73. The molecular weight excluding hydrogens is 294 g/mol. The molecule has 1 aromatic carbocycles. The van der Waals surface area contributed by atoms with Gasteiger partial charge in [-0.05, 0) is 19.4 Å². The Kier molecular flexibility index (Phi) is 4.43. The Hall–Kier alpha value is -2.21. The van der Waals surface area contributed by atoms with Crippen molar-refractivity contribution in [1.82, 2.24) is 14.7 Å². The summed E-state index contributed by atoms with van der Waals surface area (Å²) in [5.74, 6) is -0.0870. The second-order valence-electron chi connectivity index (χ2n) is 5.83. The van der Waals surface area contributed by atoms with Crippen molar-refractivity contribution < 1.29 is 9.53 Å². The van der Waals surface area contributed by atoms with Crippen LogP contribution in [0.25, 0.3) is 10.8 Å². The summed E-state index contributed by atoms with van der Waals surface area (Å²) in [6.07, 6.45) is 0.951. The third-order valence-corrected chi connectivity index (χ3v) is 4.28. The van der Waals surface area contributed by atoms with Gasteiger partial charge in [0.05, 0.1) is 23.8 Å². The van der Waals surface area contributed by atoms with Crippen molar-refractivity contribution in [3.8, 4) is 0 Å². The summed E-state index contributed by atoms with van der Waals surface area (Å²) in [7, 11) is 0. The first-order valence-electron chi connectivity index (χ1n) is 7.96. The van der Waals surface area contributed by atoms with Crippen molar-refractivity contribution in [3.63, 3.8) is 0 Å². The molecule has 2 aromatic rings. The smallest absolute Gasteiger partial charge is 0.275 e. The molecule has 1 atom stereocenters. The molecule has 23 heavy (non-hydrogen) atoms. The van der Waals surface area contributed by atoms with Gasteiger partial charge in [0, 0.05) is 18.5 Å². The van der Waals surface area contributed by atoms with Gasteiger partial charge in [-0.3, -0.25) is 9.59 Å². The van der Waals surface area contributed by atoms with E-state index in [0.29, 0.717) is 25.1 Å². The van der Waals surface area contributed by atoms with E-state index in [1.807, 2.05) is 32.0 Å². The normalized spacial score (nSPS) is 18.3. The fraction of sp³-hybridized carbons (Fsp3) is 0.471. The lowest BCUT2D eigenvalue weighted by Crippen LogP contribution is -2.47. The average Bonchev–Trinajstić information content (AvgIpc) is 2.59. The number of rotatable bonds is 3. The minimum Gasteiger partial charge on any atom is -0.375 e. The highest BCUT2D eigenvalue weighted by Crippen LogP contribution is 2.12. The molecule has 1 aromatic heterocycles. The van der Waals surface area contributed by atoms with Gasteiger partial charge in [0.2, 0.25) is 5.91 Å². The highest BCUT2D eigenvalue weighted by Gasteiger charge is 2.23. The predicted molar refractivity (Wildman–Crippen MR) is 87.4 cm³/mol. The fourth-order valence-corrected chi connectivity index (χ4v) is 2.93. The number of hydrogen-bond acceptors (Lipinski definition) is 4. The summed E-state index contributed by atoms with van der Waals surface area (Å²) in [6.45, 7) is 5.56. The molecule has 0 bridgehead atoms. The largest absolute Gasteiger partial charge is 0.375 e. The van der Waals surface area contributed by atoms with Gasteiger partial charge in [0.25, 0.3) is 5.56 Å². The molecule has 1 aliphatic heterocycles. The Bertz CT molecular complexity index is 784. The van der Waals surface area contributed by atoms with Crippen molar-refractivity contribution in [2.24, 2.45) is 0 Å². The topological polar surface area (TPSA) is 64.4 Å². The molecule has 0 radical (unpaired) electrons. The van der Waals surface area contributed by atoms with Crippen LogP contribution in [-0.4, -0.2) is 46.4 Å². The van der Waals surface area contributed by atoms with E-state index in [0.717, 1.165) is 17.5 Å². The van der Waals surface area contributed by atoms with Crippen LogP contribution in [0, 0.1) is 6.92 Å². The zero-order valence-electron chi connectivity index (χ0n) is 13.5. The van der Waals surface area contributed by atoms with E-state index in [-0.39, 0.29) is 24.1 Å². The highest BCUT2D eigenvalue weighted by molar-refractivity contribution is 5.83. The van der Waals surface area contributed by atoms with Gasteiger partial charge in [-0.15, -0.1) is 0 Å². The van der Waals surface area contributed by atoms with Crippen molar-refractivity contribution >= 4 is 16.7 Å². The van der Waals surface area contributed by atoms with Crippen LogP contribution in [-0.2, 0) is 16.1 Å². The number of hydrogen-bond donors (Lipinski definition) is 0. The van der Waals surface area contributed by atoms with Crippen LogP contribution >= 0.6 is 0 Å². The Morgan fingerprint density at radius 1 is 1.35 bits per heavy atom. The van der Waals surface area contributed by atoms with Gasteiger partial charge in [-0.1, -0.05) is 25.1 Å². The lowest BCUT2D eigenvalue weighted by molar-refractivity contribution is -0.139. The molecule has 0 aliphatic carbocycles. The third-order valence-electron chi connectivity index (χ3n) is 4.28. The van der Waals surface area contributed by atoms with Crippen molar-refractivity contribution in [3.05, 3.63) is 40.3 Å². The monoisotopic (exact) mass is 315 g/mol. The molecule has 122 valence electrons. The Morgan fingerprint density at radius 3 is 2.83 bits per heavy atom. The maximum atomic E-state index is 12.5. The summed E-state index contributed by atoms with van der Waals surface area (Å²) >= 11 is 0. The molecule has 6 nitrogen and oxygen atoms in total. The van der Waals surface area contributed by atoms with Crippen LogP contribution in [0.15, 0.2) is 29.1 Å². The van der Waals surface area contributed by atoms with Crippen LogP contribution in [0.5, 0.6) is 0 Å². The minimum absolute atomic E-state index is 0.0268. The van der Waals surface area contributed by atoms with Gasteiger partial charge in [-0.25, -0.2) is 4.68 Å². The number of ether oxygens (including phenoxy) is 1. The molecule has 1 aliphatic rings. The second kappa shape index (κ2) is 6.50. The molecule has 1 amide bonds. The molecule has 2 heterocycles. The van der Waals surface area contributed by atoms with Crippen LogP contribution < -0.4 is 5.56 Å². The van der Waals surface area contributed by atoms with E-state index >= 15 is 0 Å². The van der Waals surface area contributed by atoms with Crippen LogP contribution in [0.2, 0.25) is 0 Å². The zero-order valence-corrected chi connectivity index (χ0v) is 13.5. The number of aryl methyl sites for hydroxylation is 1. The zero-order chi connectivity index (χ0) is 16.4. The Morgan fingerprint density at radius 2 is 2.09 bits per heavy atom. The molecular formula is C17H21N3O3. The maximum Gasteiger partial charge on any atom is 0.275 e. The van der Waals surface area contributed by atoms with E-state index in [2.05, 4.69) is 5.10 Å². The van der Waals surface area contributed by atoms with Gasteiger partial charge < -0.3 is 9.64 Å². The minimum atomic E-state index is -0.222. The van der Waals surface area contributed by atoms with E-state index in [1.165, 1.54) is 4.68 Å². The standard InChI is InChI=1S/C17H21N3O3/c1-3-13-10-19(8-9-23-13)16(21)11-20-17(22)15-7-5-4-6-14(15)12(2)18-20/h4-7,13H,3,8-11H2,1-2H3. The molecule has 0 N–H and O–H groups in total. The molecule has 1 unspecified atom stereocenters. The lowest BCUT2D eigenvalue weighted by Gasteiger charge is -2.32. The maximum absolute atomic E-state index is 12.5. The molecule has 1 fully saturated rings. The highest BCUT2D eigenvalue weighted by atomic mass is 16.5. The molecule has 0 spiro atoms. The van der Waals surface area contributed by atoms with Crippen molar-refractivity contribution in [2.75, 3.05) is 19.7 Å². The number of nitrogens with zero attached hydrogens (tertiary/aromatic N) is 3.